The first-order chi connectivity index (χ1) is 11.8. The van der Waals surface area contributed by atoms with Crippen LogP contribution in [0.5, 0.6) is 0 Å². The zero-order valence-corrected chi connectivity index (χ0v) is 14.4. The summed E-state index contributed by atoms with van der Waals surface area (Å²) in [6.07, 6.45) is 0.853. The monoisotopic (exact) mass is 348 g/mol. The largest absolute Gasteiger partial charge is 0.480 e. The van der Waals surface area contributed by atoms with Gasteiger partial charge >= 0.3 is 12.1 Å². The lowest BCUT2D eigenvalue weighted by Gasteiger charge is -2.22. The van der Waals surface area contributed by atoms with Crippen molar-refractivity contribution in [2.24, 2.45) is 5.92 Å². The van der Waals surface area contributed by atoms with Crippen LogP contribution in [0, 0.1) is 5.92 Å². The van der Waals surface area contributed by atoms with Gasteiger partial charge in [-0.2, -0.15) is 0 Å². The molecule has 0 spiro atoms. The highest BCUT2D eigenvalue weighted by atomic mass is 16.5. The van der Waals surface area contributed by atoms with Crippen molar-refractivity contribution in [1.29, 1.82) is 0 Å². The number of benzene rings is 1. The Morgan fingerprint density at radius 3 is 2.36 bits per heavy atom. The number of rotatable bonds is 9. The van der Waals surface area contributed by atoms with E-state index in [0.717, 1.165) is 5.56 Å². The maximum Gasteiger partial charge on any atom is 0.408 e. The molecule has 7 heteroatoms. The number of alkyl carbamates (subject to hydrolysis) is 1. The minimum absolute atomic E-state index is 0.0683. The maximum atomic E-state index is 12.3. The van der Waals surface area contributed by atoms with Gasteiger partial charge in [-0.3, -0.25) is 4.79 Å². The molecule has 3 N–H and O–H groups in total. The van der Waals surface area contributed by atoms with Gasteiger partial charge < -0.3 is 20.5 Å². The van der Waals surface area contributed by atoms with E-state index in [1.54, 1.807) is 26.0 Å². The molecule has 7 nitrogen and oxygen atoms in total. The quantitative estimate of drug-likeness (QED) is 0.593. The summed E-state index contributed by atoms with van der Waals surface area (Å²) in [5.74, 6) is -2.03. The molecule has 136 valence electrons. The third kappa shape index (κ3) is 7.07. The zero-order valence-electron chi connectivity index (χ0n) is 14.4. The molecule has 0 radical (unpaired) electrons. The van der Waals surface area contributed by atoms with E-state index in [-0.39, 0.29) is 18.9 Å². The Morgan fingerprint density at radius 2 is 1.84 bits per heavy atom. The van der Waals surface area contributed by atoms with Gasteiger partial charge in [-0.15, -0.1) is 6.58 Å². The van der Waals surface area contributed by atoms with Crippen LogP contribution in [0.2, 0.25) is 0 Å². The summed E-state index contributed by atoms with van der Waals surface area (Å²) in [4.78, 5) is 35.4. The molecule has 0 saturated carbocycles. The Kier molecular flexibility index (Phi) is 8.18. The van der Waals surface area contributed by atoms with Gasteiger partial charge in [-0.05, 0) is 17.9 Å². The summed E-state index contributed by atoms with van der Waals surface area (Å²) in [5.41, 5.74) is 0.813. The van der Waals surface area contributed by atoms with Crippen molar-refractivity contribution in [2.75, 3.05) is 0 Å². The average molecular weight is 348 g/mol. The van der Waals surface area contributed by atoms with Gasteiger partial charge in [0.25, 0.3) is 0 Å². The van der Waals surface area contributed by atoms with Crippen LogP contribution >= 0.6 is 0 Å². The van der Waals surface area contributed by atoms with Crippen LogP contribution in [-0.2, 0) is 20.9 Å². The van der Waals surface area contributed by atoms with E-state index in [1.807, 2.05) is 18.2 Å². The Balaban J connectivity index is 2.62. The lowest BCUT2D eigenvalue weighted by molar-refractivity contribution is -0.143. The van der Waals surface area contributed by atoms with Gasteiger partial charge in [0, 0.05) is 0 Å². The Bertz CT molecular complexity index is 601. The van der Waals surface area contributed by atoms with E-state index >= 15 is 0 Å². The van der Waals surface area contributed by atoms with Crippen molar-refractivity contribution in [3.05, 3.63) is 48.6 Å². The van der Waals surface area contributed by atoms with Crippen molar-refractivity contribution in [2.45, 2.75) is 39.0 Å². The topological polar surface area (TPSA) is 105 Å². The molecule has 0 aliphatic heterocycles. The van der Waals surface area contributed by atoms with Gasteiger partial charge in [0.15, 0.2) is 0 Å². The van der Waals surface area contributed by atoms with Gasteiger partial charge in [-0.1, -0.05) is 50.3 Å². The summed E-state index contributed by atoms with van der Waals surface area (Å²) in [6.45, 7) is 6.98. The molecule has 25 heavy (non-hydrogen) atoms. The standard InChI is InChI=1S/C18H24N2O5/c1-4-8-14(16(21)20-15(12(2)3)17(22)23)19-18(24)25-11-13-9-6-5-7-10-13/h4-7,9-10,12,14-15H,1,8,11H2,2-3H3,(H,19,24)(H,20,21)(H,22,23)/t14?,15-/m0/s1. The number of carboxylic acid groups (broad SMARTS) is 1. The van der Waals surface area contributed by atoms with E-state index < -0.39 is 30.1 Å². The fourth-order valence-electron chi connectivity index (χ4n) is 2.07. The van der Waals surface area contributed by atoms with Gasteiger partial charge in [-0.25, -0.2) is 9.59 Å². The Labute approximate surface area is 147 Å². The van der Waals surface area contributed by atoms with Crippen molar-refractivity contribution < 1.29 is 24.2 Å². The SMILES string of the molecule is C=CCC(NC(=O)OCc1ccccc1)C(=O)N[C@H](C(=O)O)C(C)C. The lowest BCUT2D eigenvalue weighted by atomic mass is 10.0. The molecular formula is C18H24N2O5. The molecule has 1 aromatic rings. The Hall–Kier alpha value is -2.83. The summed E-state index contributed by atoms with van der Waals surface area (Å²) < 4.78 is 5.07. The molecule has 0 heterocycles. The Morgan fingerprint density at radius 1 is 1.20 bits per heavy atom. The third-order valence-electron chi connectivity index (χ3n) is 3.45. The lowest BCUT2D eigenvalue weighted by Crippen LogP contribution is -2.53. The number of carbonyl (C=O) groups excluding carboxylic acids is 2. The van der Waals surface area contributed by atoms with E-state index in [9.17, 15) is 14.4 Å². The van der Waals surface area contributed by atoms with Crippen LogP contribution in [0.1, 0.15) is 25.8 Å². The third-order valence-corrected chi connectivity index (χ3v) is 3.45. The number of amides is 2. The van der Waals surface area contributed by atoms with Gasteiger partial charge in [0.2, 0.25) is 5.91 Å². The molecule has 0 aliphatic rings. The van der Waals surface area contributed by atoms with Crippen LogP contribution in [0.25, 0.3) is 0 Å². The smallest absolute Gasteiger partial charge is 0.408 e. The normalized spacial score (nSPS) is 12.8. The molecule has 0 aromatic heterocycles. The predicted molar refractivity (Wildman–Crippen MR) is 92.8 cm³/mol. The number of nitrogens with one attached hydrogen (secondary N) is 2. The van der Waals surface area contributed by atoms with E-state index in [2.05, 4.69) is 17.2 Å². The number of hydrogen-bond donors (Lipinski definition) is 3. The highest BCUT2D eigenvalue weighted by Crippen LogP contribution is 2.05. The van der Waals surface area contributed by atoms with Crippen molar-refractivity contribution in [1.82, 2.24) is 10.6 Å². The molecule has 2 atom stereocenters. The highest BCUT2D eigenvalue weighted by molar-refractivity contribution is 5.89. The van der Waals surface area contributed by atoms with Gasteiger partial charge in [0.1, 0.15) is 18.7 Å². The number of carboxylic acids is 1. The number of carbonyl (C=O) groups is 3. The number of aliphatic carboxylic acids is 1. The van der Waals surface area contributed by atoms with Crippen molar-refractivity contribution in [3.8, 4) is 0 Å². The first kappa shape index (κ1) is 20.2. The van der Waals surface area contributed by atoms with Crippen LogP contribution in [0.4, 0.5) is 4.79 Å². The average Bonchev–Trinajstić information content (AvgIpc) is 2.57. The molecule has 2 amide bonds. The molecule has 1 unspecified atom stereocenters. The second kappa shape index (κ2) is 10.1. The minimum atomic E-state index is -1.13. The summed E-state index contributed by atoms with van der Waals surface area (Å²) in [7, 11) is 0. The minimum Gasteiger partial charge on any atom is -0.480 e. The molecule has 1 aromatic carbocycles. The van der Waals surface area contributed by atoms with E-state index in [0.29, 0.717) is 0 Å². The van der Waals surface area contributed by atoms with Gasteiger partial charge in [0.05, 0.1) is 0 Å². The molecule has 0 saturated heterocycles. The number of hydrogen-bond acceptors (Lipinski definition) is 4. The molecule has 0 fully saturated rings. The van der Waals surface area contributed by atoms with E-state index in [1.165, 1.54) is 6.08 Å². The maximum absolute atomic E-state index is 12.3. The van der Waals surface area contributed by atoms with Crippen LogP contribution < -0.4 is 10.6 Å². The first-order valence-corrected chi connectivity index (χ1v) is 7.96. The molecule has 0 bridgehead atoms. The fraction of sp³-hybridized carbons (Fsp3) is 0.389. The molecular weight excluding hydrogens is 324 g/mol. The zero-order chi connectivity index (χ0) is 18.8. The number of ether oxygens (including phenoxy) is 1. The second-order valence-corrected chi connectivity index (χ2v) is 5.85. The fourth-order valence-corrected chi connectivity index (χ4v) is 2.07. The summed E-state index contributed by atoms with van der Waals surface area (Å²) >= 11 is 0. The van der Waals surface area contributed by atoms with E-state index in [4.69, 9.17) is 9.84 Å². The van der Waals surface area contributed by atoms with Crippen LogP contribution in [0.15, 0.2) is 43.0 Å². The van der Waals surface area contributed by atoms with Crippen LogP contribution in [0.3, 0.4) is 0 Å². The van der Waals surface area contributed by atoms with Crippen LogP contribution in [-0.4, -0.2) is 35.2 Å². The first-order valence-electron chi connectivity index (χ1n) is 7.96. The predicted octanol–water partition coefficient (Wildman–Crippen LogP) is 2.08. The van der Waals surface area contributed by atoms with Crippen molar-refractivity contribution in [3.63, 3.8) is 0 Å². The van der Waals surface area contributed by atoms with Crippen molar-refractivity contribution >= 4 is 18.0 Å². The summed E-state index contributed by atoms with van der Waals surface area (Å²) in [5, 5.41) is 14.0. The molecule has 1 rings (SSSR count). The highest BCUT2D eigenvalue weighted by Gasteiger charge is 2.28. The summed E-state index contributed by atoms with van der Waals surface area (Å²) in [6, 6.07) is 7.11. The molecule has 0 aliphatic carbocycles. The second-order valence-electron chi connectivity index (χ2n) is 5.85.